The van der Waals surface area contributed by atoms with E-state index in [4.69, 9.17) is 17.4 Å². The molecule has 0 saturated carbocycles. The third-order valence-electron chi connectivity index (χ3n) is 2.37. The van der Waals surface area contributed by atoms with Crippen molar-refractivity contribution in [3.05, 3.63) is 47.4 Å². The van der Waals surface area contributed by atoms with Gasteiger partial charge in [-0.25, -0.2) is 23.6 Å². The normalized spacial score (nSPS) is 11.2. The van der Waals surface area contributed by atoms with E-state index in [1.54, 1.807) is 0 Å². The van der Waals surface area contributed by atoms with Crippen molar-refractivity contribution in [2.45, 2.75) is 4.90 Å². The molecule has 1 aromatic carbocycles. The van der Waals surface area contributed by atoms with Gasteiger partial charge in [-0.3, -0.25) is 4.72 Å². The Labute approximate surface area is 119 Å². The van der Waals surface area contributed by atoms with Crippen molar-refractivity contribution in [3.8, 4) is 0 Å². The van der Waals surface area contributed by atoms with Crippen molar-refractivity contribution >= 4 is 33.1 Å². The molecule has 9 heteroatoms. The molecule has 4 N–H and O–H groups in total. The van der Waals surface area contributed by atoms with Gasteiger partial charge in [0, 0.05) is 6.20 Å². The molecule has 2 aromatic rings. The monoisotopic (exact) mass is 316 g/mol. The minimum absolute atomic E-state index is 0.0347. The topological polar surface area (TPSA) is 97.1 Å². The van der Waals surface area contributed by atoms with E-state index in [0.29, 0.717) is 0 Å². The van der Waals surface area contributed by atoms with Crippen molar-refractivity contribution in [3.63, 3.8) is 0 Å². The fourth-order valence-electron chi connectivity index (χ4n) is 1.49. The predicted molar refractivity (Wildman–Crippen MR) is 74.3 cm³/mol. The Morgan fingerprint density at radius 2 is 2.05 bits per heavy atom. The van der Waals surface area contributed by atoms with E-state index in [1.807, 2.05) is 0 Å². The summed E-state index contributed by atoms with van der Waals surface area (Å²) in [4.78, 5) is 3.60. The molecule has 0 aliphatic heterocycles. The highest BCUT2D eigenvalue weighted by Gasteiger charge is 2.20. The number of aromatic nitrogens is 1. The number of nitrogens with two attached hydrogens (primary N) is 1. The van der Waals surface area contributed by atoms with E-state index in [9.17, 15) is 12.8 Å². The lowest BCUT2D eigenvalue weighted by Gasteiger charge is -2.12. The number of hydrogen-bond acceptors (Lipinski definition) is 5. The summed E-state index contributed by atoms with van der Waals surface area (Å²) in [6, 6.07) is 6.09. The van der Waals surface area contributed by atoms with Gasteiger partial charge in [0.1, 0.15) is 10.7 Å². The Bertz CT molecular complexity index is 739. The van der Waals surface area contributed by atoms with Crippen LogP contribution in [0.3, 0.4) is 0 Å². The molecule has 0 aliphatic rings. The smallest absolute Gasteiger partial charge is 0.265 e. The Kier molecular flexibility index (Phi) is 4.07. The SMILES string of the molecule is NNc1ncccc1S(=O)(=O)Nc1cc(F)ccc1Cl. The molecule has 0 atom stereocenters. The first-order valence-corrected chi connectivity index (χ1v) is 7.19. The van der Waals surface area contributed by atoms with E-state index >= 15 is 0 Å². The molecule has 0 radical (unpaired) electrons. The Morgan fingerprint density at radius 3 is 2.75 bits per heavy atom. The minimum Gasteiger partial charge on any atom is -0.307 e. The lowest BCUT2D eigenvalue weighted by molar-refractivity contribution is 0.601. The number of anilines is 2. The summed E-state index contributed by atoms with van der Waals surface area (Å²) in [5, 5.41) is 0.0705. The molecule has 20 heavy (non-hydrogen) atoms. The van der Waals surface area contributed by atoms with Gasteiger partial charge in [-0.1, -0.05) is 11.6 Å². The summed E-state index contributed by atoms with van der Waals surface area (Å²) >= 11 is 5.81. The second kappa shape index (κ2) is 5.61. The van der Waals surface area contributed by atoms with Gasteiger partial charge in [-0.15, -0.1) is 0 Å². The summed E-state index contributed by atoms with van der Waals surface area (Å²) in [6.07, 6.45) is 1.38. The molecular weight excluding hydrogens is 307 g/mol. The van der Waals surface area contributed by atoms with Crippen LogP contribution in [0.2, 0.25) is 5.02 Å². The maximum atomic E-state index is 13.1. The molecule has 0 saturated heterocycles. The lowest BCUT2D eigenvalue weighted by atomic mass is 10.3. The van der Waals surface area contributed by atoms with Crippen molar-refractivity contribution < 1.29 is 12.8 Å². The molecule has 0 aliphatic carbocycles. The van der Waals surface area contributed by atoms with Crippen molar-refractivity contribution in [2.75, 3.05) is 10.1 Å². The van der Waals surface area contributed by atoms with Crippen LogP contribution in [0.25, 0.3) is 0 Å². The first-order valence-electron chi connectivity index (χ1n) is 5.33. The van der Waals surface area contributed by atoms with E-state index in [2.05, 4.69) is 15.1 Å². The zero-order chi connectivity index (χ0) is 14.8. The van der Waals surface area contributed by atoms with E-state index in [-0.39, 0.29) is 21.4 Å². The number of benzene rings is 1. The fourth-order valence-corrected chi connectivity index (χ4v) is 2.90. The van der Waals surface area contributed by atoms with Gasteiger partial charge in [0.25, 0.3) is 10.0 Å². The highest BCUT2D eigenvalue weighted by molar-refractivity contribution is 7.92. The second-order valence-corrected chi connectivity index (χ2v) is 5.78. The number of hydrazine groups is 1. The highest BCUT2D eigenvalue weighted by atomic mass is 35.5. The van der Waals surface area contributed by atoms with Crippen LogP contribution in [0.1, 0.15) is 0 Å². The summed E-state index contributed by atoms with van der Waals surface area (Å²) in [5.41, 5.74) is 2.11. The zero-order valence-electron chi connectivity index (χ0n) is 9.97. The van der Waals surface area contributed by atoms with E-state index in [1.165, 1.54) is 24.4 Å². The molecule has 0 amide bonds. The first-order chi connectivity index (χ1) is 9.44. The number of nitrogens with one attached hydrogen (secondary N) is 2. The molecule has 2 rings (SSSR count). The molecule has 1 aromatic heterocycles. The van der Waals surface area contributed by atoms with Gasteiger partial charge in [-0.2, -0.15) is 0 Å². The van der Waals surface area contributed by atoms with Gasteiger partial charge in [0.2, 0.25) is 0 Å². The number of nitrogen functional groups attached to an aromatic ring is 1. The van der Waals surface area contributed by atoms with Crippen LogP contribution >= 0.6 is 11.6 Å². The summed E-state index contributed by atoms with van der Waals surface area (Å²) in [5.74, 6) is 4.55. The van der Waals surface area contributed by atoms with Crippen molar-refractivity contribution in [1.82, 2.24) is 4.98 Å². The molecule has 0 spiro atoms. The molecule has 106 valence electrons. The van der Waals surface area contributed by atoms with Crippen LogP contribution in [-0.4, -0.2) is 13.4 Å². The Morgan fingerprint density at radius 1 is 1.30 bits per heavy atom. The molecule has 6 nitrogen and oxygen atoms in total. The largest absolute Gasteiger partial charge is 0.307 e. The number of nitrogens with zero attached hydrogens (tertiary/aromatic N) is 1. The van der Waals surface area contributed by atoms with Gasteiger partial charge in [0.15, 0.2) is 5.82 Å². The quantitative estimate of drug-likeness (QED) is 0.592. The van der Waals surface area contributed by atoms with E-state index < -0.39 is 15.8 Å². The molecule has 1 heterocycles. The first kappa shape index (κ1) is 14.5. The summed E-state index contributed by atoms with van der Waals surface area (Å²) in [6.45, 7) is 0. The maximum absolute atomic E-state index is 13.1. The number of pyridine rings is 1. The Balaban J connectivity index is 2.43. The van der Waals surface area contributed by atoms with E-state index in [0.717, 1.165) is 12.1 Å². The predicted octanol–water partition coefficient (Wildman–Crippen LogP) is 1.96. The van der Waals surface area contributed by atoms with Gasteiger partial charge in [-0.05, 0) is 30.3 Å². The maximum Gasteiger partial charge on any atom is 0.265 e. The van der Waals surface area contributed by atoms with Gasteiger partial charge in [0.05, 0.1) is 10.7 Å². The van der Waals surface area contributed by atoms with Crippen LogP contribution in [-0.2, 0) is 10.0 Å². The highest BCUT2D eigenvalue weighted by Crippen LogP contribution is 2.26. The zero-order valence-corrected chi connectivity index (χ0v) is 11.5. The average Bonchev–Trinajstić information content (AvgIpc) is 2.42. The molecule has 0 unspecified atom stereocenters. The van der Waals surface area contributed by atoms with Gasteiger partial charge < -0.3 is 5.43 Å². The van der Waals surface area contributed by atoms with Crippen molar-refractivity contribution in [1.29, 1.82) is 0 Å². The van der Waals surface area contributed by atoms with Crippen LogP contribution in [0.5, 0.6) is 0 Å². The third-order valence-corrected chi connectivity index (χ3v) is 4.10. The average molecular weight is 317 g/mol. The van der Waals surface area contributed by atoms with Gasteiger partial charge >= 0.3 is 0 Å². The summed E-state index contributed by atoms with van der Waals surface area (Å²) < 4.78 is 39.7. The number of sulfonamides is 1. The second-order valence-electron chi connectivity index (χ2n) is 3.72. The molecule has 0 bridgehead atoms. The third kappa shape index (κ3) is 2.98. The van der Waals surface area contributed by atoms with Crippen LogP contribution in [0, 0.1) is 5.82 Å². The number of halogens is 2. The molecule has 0 fully saturated rings. The van der Waals surface area contributed by atoms with Crippen LogP contribution in [0.4, 0.5) is 15.9 Å². The lowest BCUT2D eigenvalue weighted by Crippen LogP contribution is -2.18. The van der Waals surface area contributed by atoms with Crippen molar-refractivity contribution in [2.24, 2.45) is 5.84 Å². The fraction of sp³-hybridized carbons (Fsp3) is 0. The van der Waals surface area contributed by atoms with Crippen LogP contribution < -0.4 is 16.0 Å². The number of rotatable bonds is 4. The standard InChI is InChI=1S/C11H10ClFN4O2S/c12-8-4-3-7(13)6-9(8)17-20(18,19)10-2-1-5-15-11(10)16-14/h1-6,17H,14H2,(H,15,16). The van der Waals surface area contributed by atoms with Crippen LogP contribution in [0.15, 0.2) is 41.4 Å². The molecular formula is C11H10ClFN4O2S. The minimum atomic E-state index is -4.00. The summed E-state index contributed by atoms with van der Waals surface area (Å²) in [7, 11) is -4.00. The number of hydrogen-bond donors (Lipinski definition) is 3. The Hall–Kier alpha value is -1.90.